The Bertz CT molecular complexity index is 1090. The maximum absolute atomic E-state index is 14.0. The Hall–Kier alpha value is -3.09. The molecule has 2 fully saturated rings. The first-order valence-corrected chi connectivity index (χ1v) is 12.2. The Balaban J connectivity index is 1.37. The standard InChI is InChI=1S/C29H30F2N2O2/c1-2-16-35-29(21-8-12-23(30)13-9-21,22-10-14-24(31)15-11-22)28(34)32-27-25-18-33(19-26(25)27)17-20-6-4-3-5-7-20/h3-15,25-27H,2,16-19H2,1H3,(H,32,34). The topological polar surface area (TPSA) is 41.6 Å². The van der Waals surface area contributed by atoms with Gasteiger partial charge in [0.15, 0.2) is 5.60 Å². The minimum absolute atomic E-state index is 0.0695. The Morgan fingerprint density at radius 1 is 0.914 bits per heavy atom. The number of piperidine rings is 1. The summed E-state index contributed by atoms with van der Waals surface area (Å²) in [5, 5.41) is 3.24. The Kier molecular flexibility index (Phi) is 6.67. The Labute approximate surface area is 204 Å². The summed E-state index contributed by atoms with van der Waals surface area (Å²) in [7, 11) is 0. The highest BCUT2D eigenvalue weighted by atomic mass is 19.1. The van der Waals surface area contributed by atoms with Crippen molar-refractivity contribution in [3.63, 3.8) is 0 Å². The predicted molar refractivity (Wildman–Crippen MR) is 130 cm³/mol. The lowest BCUT2D eigenvalue weighted by molar-refractivity contribution is -0.143. The number of amides is 1. The quantitative estimate of drug-likeness (QED) is 0.479. The molecular formula is C29H30F2N2O2. The molecule has 5 rings (SSSR count). The molecule has 182 valence electrons. The van der Waals surface area contributed by atoms with Gasteiger partial charge in [-0.25, -0.2) is 8.78 Å². The van der Waals surface area contributed by atoms with Gasteiger partial charge in [-0.2, -0.15) is 0 Å². The van der Waals surface area contributed by atoms with Crippen LogP contribution in [0.15, 0.2) is 78.9 Å². The van der Waals surface area contributed by atoms with Crippen LogP contribution in [0.3, 0.4) is 0 Å². The van der Waals surface area contributed by atoms with Gasteiger partial charge in [0.05, 0.1) is 0 Å². The highest BCUT2D eigenvalue weighted by Crippen LogP contribution is 2.47. The van der Waals surface area contributed by atoms with E-state index in [0.29, 0.717) is 36.0 Å². The first kappa shape index (κ1) is 23.6. The molecule has 0 bridgehead atoms. The molecule has 0 spiro atoms. The van der Waals surface area contributed by atoms with Gasteiger partial charge in [0.25, 0.3) is 5.91 Å². The van der Waals surface area contributed by atoms with Gasteiger partial charge in [-0.3, -0.25) is 9.69 Å². The first-order chi connectivity index (χ1) is 17.0. The molecule has 1 aliphatic carbocycles. The molecule has 0 radical (unpaired) electrons. The fourth-order valence-electron chi connectivity index (χ4n) is 5.34. The SMILES string of the molecule is CCCOC(C(=O)NC1C2CN(Cc3ccccc3)CC21)(c1ccc(F)cc1)c1ccc(F)cc1. The lowest BCUT2D eigenvalue weighted by Gasteiger charge is -2.34. The van der Waals surface area contributed by atoms with Gasteiger partial charge in [0.2, 0.25) is 0 Å². The molecule has 3 aromatic carbocycles. The van der Waals surface area contributed by atoms with E-state index in [9.17, 15) is 13.6 Å². The van der Waals surface area contributed by atoms with Gasteiger partial charge in [0, 0.05) is 32.3 Å². The van der Waals surface area contributed by atoms with E-state index in [1.54, 1.807) is 24.3 Å². The molecule has 4 nitrogen and oxygen atoms in total. The van der Waals surface area contributed by atoms with E-state index in [0.717, 1.165) is 19.6 Å². The van der Waals surface area contributed by atoms with E-state index in [1.807, 2.05) is 13.0 Å². The number of nitrogens with zero attached hydrogens (tertiary/aromatic N) is 1. The zero-order valence-electron chi connectivity index (χ0n) is 19.8. The number of nitrogens with one attached hydrogen (secondary N) is 1. The van der Waals surface area contributed by atoms with Gasteiger partial charge < -0.3 is 10.1 Å². The molecule has 1 saturated heterocycles. The second kappa shape index (κ2) is 9.88. The van der Waals surface area contributed by atoms with E-state index in [1.165, 1.54) is 29.8 Å². The van der Waals surface area contributed by atoms with Gasteiger partial charge in [-0.1, -0.05) is 61.5 Å². The summed E-state index contributed by atoms with van der Waals surface area (Å²) in [4.78, 5) is 16.4. The number of fused-ring (bicyclic) bond motifs is 1. The van der Waals surface area contributed by atoms with Crippen LogP contribution in [0.5, 0.6) is 0 Å². The van der Waals surface area contributed by atoms with E-state index in [2.05, 4.69) is 34.5 Å². The summed E-state index contributed by atoms with van der Waals surface area (Å²) in [6.07, 6.45) is 0.695. The third-order valence-electron chi connectivity index (χ3n) is 7.16. The molecule has 2 unspecified atom stereocenters. The molecule has 1 heterocycles. The van der Waals surface area contributed by atoms with Crippen LogP contribution in [0.1, 0.15) is 30.0 Å². The molecule has 3 aromatic rings. The zero-order chi connectivity index (χ0) is 24.4. The van der Waals surface area contributed by atoms with Crippen LogP contribution in [0.2, 0.25) is 0 Å². The van der Waals surface area contributed by atoms with Crippen molar-refractivity contribution in [2.45, 2.75) is 31.5 Å². The van der Waals surface area contributed by atoms with Crippen LogP contribution in [-0.2, 0) is 21.7 Å². The third kappa shape index (κ3) is 4.73. The molecule has 2 atom stereocenters. The summed E-state index contributed by atoms with van der Waals surface area (Å²) in [6.45, 7) is 5.05. The van der Waals surface area contributed by atoms with E-state index < -0.39 is 17.2 Å². The van der Waals surface area contributed by atoms with Crippen LogP contribution >= 0.6 is 0 Å². The van der Waals surface area contributed by atoms with Crippen LogP contribution in [0, 0.1) is 23.5 Å². The number of halogens is 2. The lowest BCUT2D eigenvalue weighted by atomic mass is 9.84. The van der Waals surface area contributed by atoms with Crippen LogP contribution in [0.4, 0.5) is 8.78 Å². The fourth-order valence-corrected chi connectivity index (χ4v) is 5.34. The largest absolute Gasteiger partial charge is 0.356 e. The summed E-state index contributed by atoms with van der Waals surface area (Å²) in [6, 6.07) is 22.0. The fraction of sp³-hybridized carbons (Fsp3) is 0.345. The molecule has 1 aliphatic heterocycles. The van der Waals surface area contributed by atoms with Crippen molar-refractivity contribution in [2.75, 3.05) is 19.7 Å². The van der Waals surface area contributed by atoms with E-state index in [-0.39, 0.29) is 11.9 Å². The van der Waals surface area contributed by atoms with Gasteiger partial charge in [0.1, 0.15) is 11.6 Å². The zero-order valence-corrected chi connectivity index (χ0v) is 19.8. The van der Waals surface area contributed by atoms with Crippen molar-refractivity contribution in [1.29, 1.82) is 0 Å². The highest BCUT2D eigenvalue weighted by Gasteiger charge is 2.58. The lowest BCUT2D eigenvalue weighted by Crippen LogP contribution is -2.49. The average Bonchev–Trinajstić information content (AvgIpc) is 3.30. The van der Waals surface area contributed by atoms with Crippen LogP contribution in [-0.4, -0.2) is 36.5 Å². The number of likely N-dealkylation sites (tertiary alicyclic amines) is 1. The summed E-state index contributed by atoms with van der Waals surface area (Å²) in [5.74, 6) is -0.292. The number of carbonyl (C=O) groups excluding carboxylic acids is 1. The third-order valence-corrected chi connectivity index (χ3v) is 7.16. The number of carbonyl (C=O) groups is 1. The van der Waals surface area contributed by atoms with Gasteiger partial charge in [-0.15, -0.1) is 0 Å². The molecule has 1 saturated carbocycles. The molecule has 1 N–H and O–H groups in total. The molecule has 35 heavy (non-hydrogen) atoms. The van der Waals surface area contributed by atoms with Crippen molar-refractivity contribution in [3.05, 3.63) is 107 Å². The van der Waals surface area contributed by atoms with E-state index in [4.69, 9.17) is 4.74 Å². The minimum atomic E-state index is -1.49. The summed E-state index contributed by atoms with van der Waals surface area (Å²) < 4.78 is 33.8. The molecular weight excluding hydrogens is 446 g/mol. The first-order valence-electron chi connectivity index (χ1n) is 12.2. The van der Waals surface area contributed by atoms with Crippen molar-refractivity contribution >= 4 is 5.91 Å². The number of hydrogen-bond donors (Lipinski definition) is 1. The minimum Gasteiger partial charge on any atom is -0.356 e. The molecule has 1 amide bonds. The number of benzene rings is 3. The van der Waals surface area contributed by atoms with Crippen LogP contribution < -0.4 is 5.32 Å². The second-order valence-electron chi connectivity index (χ2n) is 9.55. The number of hydrogen-bond acceptors (Lipinski definition) is 3. The highest BCUT2D eigenvalue weighted by molar-refractivity contribution is 5.91. The normalized spacial score (nSPS) is 21.5. The average molecular weight is 477 g/mol. The monoisotopic (exact) mass is 476 g/mol. The summed E-state index contributed by atoms with van der Waals surface area (Å²) in [5.41, 5.74) is 0.841. The number of ether oxygens (including phenoxy) is 1. The Morgan fingerprint density at radius 2 is 1.46 bits per heavy atom. The van der Waals surface area contributed by atoms with E-state index >= 15 is 0 Å². The predicted octanol–water partition coefficient (Wildman–Crippen LogP) is 4.88. The van der Waals surface area contributed by atoms with Gasteiger partial charge in [-0.05, 0) is 59.2 Å². The smallest absolute Gasteiger partial charge is 0.261 e. The molecule has 2 aliphatic rings. The van der Waals surface area contributed by atoms with Crippen molar-refractivity contribution < 1.29 is 18.3 Å². The van der Waals surface area contributed by atoms with Gasteiger partial charge >= 0.3 is 0 Å². The van der Waals surface area contributed by atoms with Crippen molar-refractivity contribution in [1.82, 2.24) is 10.2 Å². The van der Waals surface area contributed by atoms with Crippen LogP contribution in [0.25, 0.3) is 0 Å². The van der Waals surface area contributed by atoms with Crippen molar-refractivity contribution in [3.8, 4) is 0 Å². The number of rotatable bonds is 9. The van der Waals surface area contributed by atoms with Crippen molar-refractivity contribution in [2.24, 2.45) is 11.8 Å². The molecule has 6 heteroatoms. The maximum atomic E-state index is 14.0. The Morgan fingerprint density at radius 3 is 1.97 bits per heavy atom. The summed E-state index contributed by atoms with van der Waals surface area (Å²) >= 11 is 0. The maximum Gasteiger partial charge on any atom is 0.261 e. The second-order valence-corrected chi connectivity index (χ2v) is 9.55. The molecule has 0 aromatic heterocycles.